The van der Waals surface area contributed by atoms with Gasteiger partial charge in [-0.3, -0.25) is 52.7 Å². The molecule has 11 amide bonds. The number of hydrogen-bond acceptors (Lipinski definition) is 14. The van der Waals surface area contributed by atoms with Crippen molar-refractivity contribution in [3.63, 3.8) is 0 Å². The number of aliphatic hydroxyl groups excluding tert-OH is 1. The first-order valence-electron chi connectivity index (χ1n) is 22.8. The van der Waals surface area contributed by atoms with Crippen molar-refractivity contribution in [1.29, 1.82) is 0 Å². The molecule has 2 fully saturated rings. The maximum absolute atomic E-state index is 13.4. The van der Waals surface area contributed by atoms with Crippen molar-refractivity contribution in [2.45, 2.75) is 147 Å². The third-order valence-electron chi connectivity index (χ3n) is 11.0. The van der Waals surface area contributed by atoms with Crippen LogP contribution in [0, 0.1) is 5.92 Å². The maximum Gasteiger partial charge on any atom is 0.326 e. The number of carboxylic acid groups (broad SMARTS) is 1. The molecule has 0 radical (unpaired) electrons. The Labute approximate surface area is 394 Å². The Balaban J connectivity index is 2.00. The second kappa shape index (κ2) is 29.3. The molecule has 2 rings (SSSR count). The van der Waals surface area contributed by atoms with Crippen LogP contribution < -0.4 is 58.9 Å². The molecule has 0 aliphatic carbocycles. The fraction of sp³-hybridized carbons (Fsp3) is 0.714. The number of rotatable bonds is 29. The van der Waals surface area contributed by atoms with Crippen LogP contribution in [0.25, 0.3) is 0 Å². The number of β-amino-alcohol motifs (C(OH)–C–C–N with tert-alkyl or cyclic N) is 1. The Morgan fingerprint density at radius 1 is 0.706 bits per heavy atom. The molecule has 0 saturated carbocycles. The number of carbonyl (C=O) groups is 12. The molecule has 26 heteroatoms. The lowest BCUT2D eigenvalue weighted by molar-refractivity contribution is -0.144. The summed E-state index contributed by atoms with van der Waals surface area (Å²) >= 11 is 0. The lowest BCUT2D eigenvalue weighted by Gasteiger charge is -2.26. The first kappa shape index (κ1) is 57.7. The lowest BCUT2D eigenvalue weighted by atomic mass is 10.0. The second-order valence-electron chi connectivity index (χ2n) is 17.2. The molecule has 0 unspecified atom stereocenters. The maximum atomic E-state index is 13.4. The molecule has 2 aliphatic rings. The van der Waals surface area contributed by atoms with Gasteiger partial charge in [0, 0.05) is 26.6 Å². The summed E-state index contributed by atoms with van der Waals surface area (Å²) in [6.45, 7) is 5.36. The predicted octanol–water partition coefficient (Wildman–Crippen LogP) is -5.39. The van der Waals surface area contributed by atoms with E-state index < -0.39 is 145 Å². The largest absolute Gasteiger partial charge is 0.480 e. The van der Waals surface area contributed by atoms with Crippen LogP contribution in [-0.2, 0) is 57.5 Å². The summed E-state index contributed by atoms with van der Waals surface area (Å²) in [5.41, 5.74) is 5.25. The SMILES string of the molecule is CCCCC[C@H](NC(=O)[C@@H]1CCCN1C(=O)CNC(=O)[C@H](C)NC(=O)[C@H](CC(C)C)NC(=O)CNC(=O)[C@H](CC(=O)NC)NC(=O)[C@H](CCC(N)=O)NC(=O)CNC(=O)[C@@H]1C[C@@H](O)CN1)C(=O)O. The fourth-order valence-electron chi connectivity index (χ4n) is 7.27. The van der Waals surface area contributed by atoms with Crippen molar-refractivity contribution in [1.82, 2.24) is 58.1 Å². The molecular formula is C42H70N12O14. The molecule has 382 valence electrons. The summed E-state index contributed by atoms with van der Waals surface area (Å²) in [6, 6.07) is -8.31. The standard InChI is InChI=1S/C42H70N12O14/c1-6-7-8-10-26(42(67)68)52-41(66)30-11-9-14-54(30)35(60)21-48-36(61)23(4)49-40(65)28(15-22(2)3)51-34(59)20-47-38(63)29(17-32(57)44-5)53-39(64)25(12-13-31(43)56)50-33(58)19-46-37(62)27-16-24(55)18-45-27/h22-30,45,55H,6-21H2,1-5H3,(H2,43,56)(H,44,57)(H,46,62)(H,47,63)(H,48,61)(H,49,65)(H,50,58)(H,51,59)(H,52,66)(H,53,64)(H,67,68)/t23-,24+,25-,26-,27-,28-,29-,30-/m0/s1. The Bertz CT molecular complexity index is 1830. The van der Waals surface area contributed by atoms with E-state index in [2.05, 4.69) is 53.2 Å². The number of primary amides is 1. The number of carboxylic acids is 1. The number of carbonyl (C=O) groups excluding carboxylic acids is 11. The predicted molar refractivity (Wildman–Crippen MR) is 240 cm³/mol. The minimum Gasteiger partial charge on any atom is -0.480 e. The Hall–Kier alpha value is -6.44. The summed E-state index contributed by atoms with van der Waals surface area (Å²) < 4.78 is 0. The van der Waals surface area contributed by atoms with E-state index in [1.165, 1.54) is 18.9 Å². The third kappa shape index (κ3) is 20.6. The molecule has 2 heterocycles. The molecule has 14 N–H and O–H groups in total. The van der Waals surface area contributed by atoms with Crippen LogP contribution in [0.15, 0.2) is 0 Å². The number of hydrogen-bond donors (Lipinski definition) is 13. The molecule has 0 aromatic heterocycles. The smallest absolute Gasteiger partial charge is 0.326 e. The molecule has 26 nitrogen and oxygen atoms in total. The number of nitrogens with two attached hydrogens (primary N) is 1. The van der Waals surface area contributed by atoms with Gasteiger partial charge in [0.15, 0.2) is 0 Å². The normalized spacial score (nSPS) is 18.6. The van der Waals surface area contributed by atoms with E-state index in [9.17, 15) is 67.7 Å². The lowest BCUT2D eigenvalue weighted by Crippen LogP contribution is -2.57. The first-order chi connectivity index (χ1) is 32.1. The first-order valence-corrected chi connectivity index (χ1v) is 22.8. The zero-order chi connectivity index (χ0) is 51.1. The summed E-state index contributed by atoms with van der Waals surface area (Å²) in [6.07, 6.45) is 1.40. The molecule has 0 spiro atoms. The van der Waals surface area contributed by atoms with Crippen molar-refractivity contribution in [2.24, 2.45) is 11.7 Å². The molecule has 0 aromatic rings. The van der Waals surface area contributed by atoms with E-state index >= 15 is 0 Å². The number of unbranched alkanes of at least 4 members (excludes halogenated alkanes) is 2. The van der Waals surface area contributed by atoms with Crippen LogP contribution in [0.3, 0.4) is 0 Å². The van der Waals surface area contributed by atoms with Gasteiger partial charge in [-0.1, -0.05) is 40.0 Å². The molecule has 2 aliphatic heterocycles. The van der Waals surface area contributed by atoms with E-state index in [0.29, 0.717) is 19.3 Å². The summed E-state index contributed by atoms with van der Waals surface area (Å²) in [5.74, 6) is -9.95. The molecule has 2 saturated heterocycles. The van der Waals surface area contributed by atoms with Gasteiger partial charge >= 0.3 is 5.97 Å². The fourth-order valence-corrected chi connectivity index (χ4v) is 7.27. The molecule has 0 aromatic carbocycles. The van der Waals surface area contributed by atoms with Crippen LogP contribution in [-0.4, -0.2) is 174 Å². The molecule has 68 heavy (non-hydrogen) atoms. The molecule has 0 bridgehead atoms. The second-order valence-corrected chi connectivity index (χ2v) is 17.2. The number of nitrogens with one attached hydrogen (secondary N) is 10. The van der Waals surface area contributed by atoms with E-state index in [0.717, 1.165) is 12.8 Å². The van der Waals surface area contributed by atoms with Crippen LogP contribution in [0.2, 0.25) is 0 Å². The van der Waals surface area contributed by atoms with E-state index in [1.54, 1.807) is 13.8 Å². The number of nitrogens with zero attached hydrogens (tertiary/aromatic N) is 1. The van der Waals surface area contributed by atoms with Crippen LogP contribution >= 0.6 is 0 Å². The van der Waals surface area contributed by atoms with Gasteiger partial charge < -0.3 is 74.0 Å². The van der Waals surface area contributed by atoms with Gasteiger partial charge in [0.25, 0.3) is 0 Å². The number of amides is 11. The Morgan fingerprint density at radius 3 is 1.93 bits per heavy atom. The molecular weight excluding hydrogens is 897 g/mol. The average Bonchev–Trinajstić information content (AvgIpc) is 3.96. The molecule has 8 atom stereocenters. The minimum absolute atomic E-state index is 0.0795. The van der Waals surface area contributed by atoms with Crippen molar-refractivity contribution >= 4 is 70.9 Å². The van der Waals surface area contributed by atoms with Gasteiger partial charge in [-0.2, -0.15) is 0 Å². The summed E-state index contributed by atoms with van der Waals surface area (Å²) in [7, 11) is 1.27. The topological polar surface area (TPSA) is 395 Å². The van der Waals surface area contributed by atoms with Gasteiger partial charge in [-0.15, -0.1) is 0 Å². The number of aliphatic carboxylic acids is 1. The van der Waals surface area contributed by atoms with Crippen molar-refractivity contribution in [3.05, 3.63) is 0 Å². The number of aliphatic hydroxyl groups is 1. The third-order valence-corrected chi connectivity index (χ3v) is 11.0. The van der Waals surface area contributed by atoms with Gasteiger partial charge in [0.1, 0.15) is 36.3 Å². The van der Waals surface area contributed by atoms with E-state index in [4.69, 9.17) is 5.73 Å². The highest BCUT2D eigenvalue weighted by atomic mass is 16.4. The average molecular weight is 967 g/mol. The Kier molecular flexibility index (Phi) is 24.9. The van der Waals surface area contributed by atoms with Crippen LogP contribution in [0.5, 0.6) is 0 Å². The van der Waals surface area contributed by atoms with Crippen LogP contribution in [0.1, 0.15) is 98.3 Å². The van der Waals surface area contributed by atoms with Gasteiger partial charge in [0.05, 0.1) is 38.2 Å². The van der Waals surface area contributed by atoms with Crippen molar-refractivity contribution < 1.29 is 67.7 Å². The van der Waals surface area contributed by atoms with E-state index in [1.807, 2.05) is 6.92 Å². The summed E-state index contributed by atoms with van der Waals surface area (Å²) in [4.78, 5) is 154. The van der Waals surface area contributed by atoms with Crippen LogP contribution in [0.4, 0.5) is 0 Å². The quantitative estimate of drug-likeness (QED) is 0.0311. The Morgan fingerprint density at radius 2 is 1.34 bits per heavy atom. The highest BCUT2D eigenvalue weighted by molar-refractivity contribution is 5.98. The minimum atomic E-state index is -1.62. The van der Waals surface area contributed by atoms with Gasteiger partial charge in [-0.25, -0.2) is 4.79 Å². The zero-order valence-electron chi connectivity index (χ0n) is 39.3. The van der Waals surface area contributed by atoms with Gasteiger partial charge in [-0.05, 0) is 51.4 Å². The van der Waals surface area contributed by atoms with Gasteiger partial charge in [0.2, 0.25) is 65.0 Å². The van der Waals surface area contributed by atoms with Crippen molar-refractivity contribution in [2.75, 3.05) is 39.8 Å². The highest BCUT2D eigenvalue weighted by Gasteiger charge is 2.37. The monoisotopic (exact) mass is 967 g/mol. The van der Waals surface area contributed by atoms with E-state index in [-0.39, 0.29) is 51.1 Å². The zero-order valence-corrected chi connectivity index (χ0v) is 39.3. The number of likely N-dealkylation sites (tertiary alicyclic amines) is 1. The summed E-state index contributed by atoms with van der Waals surface area (Å²) in [5, 5.41) is 43.6. The highest BCUT2D eigenvalue weighted by Crippen LogP contribution is 2.18. The van der Waals surface area contributed by atoms with Crippen molar-refractivity contribution in [3.8, 4) is 0 Å².